The number of hydrogen-bond acceptors (Lipinski definition) is 4. The van der Waals surface area contributed by atoms with E-state index in [1.165, 1.54) is 23.3 Å². The van der Waals surface area contributed by atoms with Gasteiger partial charge >= 0.3 is 5.97 Å². The Kier molecular flexibility index (Phi) is 3.73. The molecule has 0 aliphatic heterocycles. The van der Waals surface area contributed by atoms with E-state index in [9.17, 15) is 9.59 Å². The molecule has 0 saturated heterocycles. The van der Waals surface area contributed by atoms with Crippen LogP contribution in [0.2, 0.25) is 0 Å². The van der Waals surface area contributed by atoms with Gasteiger partial charge in [0.05, 0.1) is 18.4 Å². The molecule has 1 N–H and O–H groups in total. The van der Waals surface area contributed by atoms with Crippen molar-refractivity contribution in [1.29, 1.82) is 0 Å². The van der Waals surface area contributed by atoms with Gasteiger partial charge in [-0.15, -0.1) is 11.3 Å². The molecule has 6 heteroatoms. The summed E-state index contributed by atoms with van der Waals surface area (Å²) in [6, 6.07) is 0. The number of rotatable bonds is 3. The molecule has 1 aromatic rings. The predicted octanol–water partition coefficient (Wildman–Crippen LogP) is 2.16. The number of amides is 1. The van der Waals surface area contributed by atoms with Gasteiger partial charge in [-0.1, -0.05) is 12.6 Å². The van der Waals surface area contributed by atoms with E-state index in [2.05, 4.69) is 17.9 Å². The summed E-state index contributed by atoms with van der Waals surface area (Å²) in [7, 11) is 1.35. The SMILES string of the molecule is COC(=O)c1c(NC(=O)C[S])sc2c1CCC2. The predicted molar refractivity (Wildman–Crippen MR) is 68.8 cm³/mol. The average Bonchev–Trinajstić information content (AvgIpc) is 2.87. The number of anilines is 1. The van der Waals surface area contributed by atoms with Crippen molar-refractivity contribution in [3.05, 3.63) is 16.0 Å². The molecule has 1 aliphatic rings. The first-order chi connectivity index (χ1) is 8.17. The summed E-state index contributed by atoms with van der Waals surface area (Å²) in [5, 5.41) is 3.26. The molecule has 0 atom stereocenters. The molecular weight excluding hydrogens is 258 g/mol. The van der Waals surface area contributed by atoms with E-state index in [-0.39, 0.29) is 17.6 Å². The molecule has 17 heavy (non-hydrogen) atoms. The molecule has 0 saturated carbocycles. The van der Waals surface area contributed by atoms with Crippen LogP contribution in [0.3, 0.4) is 0 Å². The lowest BCUT2D eigenvalue weighted by Crippen LogP contribution is -2.15. The largest absolute Gasteiger partial charge is 0.465 e. The molecule has 1 radical (unpaired) electrons. The number of methoxy groups -OCH3 is 1. The number of fused-ring (bicyclic) bond motifs is 1. The third kappa shape index (κ3) is 2.32. The normalized spacial score (nSPS) is 13.3. The van der Waals surface area contributed by atoms with Crippen LogP contribution in [0.4, 0.5) is 5.00 Å². The minimum absolute atomic E-state index is 0.0107. The first kappa shape index (κ1) is 12.4. The monoisotopic (exact) mass is 270 g/mol. The van der Waals surface area contributed by atoms with E-state index in [0.717, 1.165) is 24.8 Å². The van der Waals surface area contributed by atoms with Crippen LogP contribution in [0, 0.1) is 0 Å². The van der Waals surface area contributed by atoms with Crippen LogP contribution in [-0.2, 0) is 22.4 Å². The molecule has 2 rings (SSSR count). The van der Waals surface area contributed by atoms with Gasteiger partial charge in [-0.25, -0.2) is 4.79 Å². The third-order valence-electron chi connectivity index (χ3n) is 2.69. The Labute approximate surface area is 109 Å². The van der Waals surface area contributed by atoms with Gasteiger partial charge in [0.1, 0.15) is 5.00 Å². The van der Waals surface area contributed by atoms with Gasteiger partial charge < -0.3 is 10.1 Å². The molecule has 1 aromatic heterocycles. The van der Waals surface area contributed by atoms with Gasteiger partial charge in [0.25, 0.3) is 0 Å². The van der Waals surface area contributed by atoms with Crippen LogP contribution in [-0.4, -0.2) is 24.7 Å². The third-order valence-corrected chi connectivity index (χ3v) is 4.16. The number of nitrogens with one attached hydrogen (secondary N) is 1. The summed E-state index contributed by atoms with van der Waals surface area (Å²) in [5.74, 6) is -0.655. The van der Waals surface area contributed by atoms with Gasteiger partial charge in [0, 0.05) is 4.88 Å². The Balaban J connectivity index is 2.38. The second-order valence-electron chi connectivity index (χ2n) is 3.75. The highest BCUT2D eigenvalue weighted by molar-refractivity contribution is 7.81. The van der Waals surface area contributed by atoms with Crippen molar-refractivity contribution >= 4 is 40.8 Å². The summed E-state index contributed by atoms with van der Waals surface area (Å²) in [6.45, 7) is 0. The Hall–Kier alpha value is -1.01. The molecule has 4 nitrogen and oxygen atoms in total. The highest BCUT2D eigenvalue weighted by Crippen LogP contribution is 2.39. The Bertz CT molecular complexity index is 468. The van der Waals surface area contributed by atoms with Crippen molar-refractivity contribution in [2.45, 2.75) is 19.3 Å². The van der Waals surface area contributed by atoms with Gasteiger partial charge in [-0.05, 0) is 24.8 Å². The quantitative estimate of drug-likeness (QED) is 0.856. The van der Waals surface area contributed by atoms with Crippen molar-refractivity contribution in [1.82, 2.24) is 0 Å². The van der Waals surface area contributed by atoms with E-state index in [1.807, 2.05) is 0 Å². The number of carbonyl (C=O) groups excluding carboxylic acids is 2. The molecule has 1 aliphatic carbocycles. The van der Waals surface area contributed by atoms with E-state index in [1.54, 1.807) is 0 Å². The fourth-order valence-electron chi connectivity index (χ4n) is 1.97. The lowest BCUT2D eigenvalue weighted by Gasteiger charge is -2.05. The number of carbonyl (C=O) groups is 2. The maximum atomic E-state index is 11.7. The maximum Gasteiger partial charge on any atom is 0.341 e. The second kappa shape index (κ2) is 5.10. The Morgan fingerprint density at radius 2 is 2.24 bits per heavy atom. The van der Waals surface area contributed by atoms with Crippen molar-refractivity contribution in [3.8, 4) is 0 Å². The zero-order valence-corrected chi connectivity index (χ0v) is 11.0. The summed E-state index contributed by atoms with van der Waals surface area (Å²) >= 11 is 6.13. The first-order valence-corrected chi connectivity index (χ1v) is 6.67. The number of thiophene rings is 1. The summed E-state index contributed by atoms with van der Waals surface area (Å²) in [4.78, 5) is 24.2. The molecule has 1 amide bonds. The molecule has 91 valence electrons. The summed E-state index contributed by atoms with van der Waals surface area (Å²) < 4.78 is 4.77. The zero-order chi connectivity index (χ0) is 12.4. The smallest absolute Gasteiger partial charge is 0.341 e. The summed E-state index contributed by atoms with van der Waals surface area (Å²) in [5.41, 5.74) is 1.54. The average molecular weight is 270 g/mol. The fourth-order valence-corrected chi connectivity index (χ4v) is 3.34. The fraction of sp³-hybridized carbons (Fsp3) is 0.455. The maximum absolute atomic E-state index is 11.7. The van der Waals surface area contributed by atoms with Gasteiger partial charge in [0.2, 0.25) is 5.91 Å². The number of ether oxygens (including phenoxy) is 1. The van der Waals surface area contributed by atoms with Gasteiger partial charge in [0.15, 0.2) is 0 Å². The van der Waals surface area contributed by atoms with Crippen LogP contribution in [0.1, 0.15) is 27.2 Å². The van der Waals surface area contributed by atoms with Gasteiger partial charge in [-0.2, -0.15) is 0 Å². The van der Waals surface area contributed by atoms with E-state index in [0.29, 0.717) is 10.6 Å². The van der Waals surface area contributed by atoms with Crippen LogP contribution < -0.4 is 5.32 Å². The Morgan fingerprint density at radius 1 is 1.47 bits per heavy atom. The van der Waals surface area contributed by atoms with E-state index >= 15 is 0 Å². The van der Waals surface area contributed by atoms with E-state index < -0.39 is 0 Å². The van der Waals surface area contributed by atoms with Gasteiger partial charge in [-0.3, -0.25) is 4.79 Å². The lowest BCUT2D eigenvalue weighted by molar-refractivity contribution is -0.113. The second-order valence-corrected chi connectivity index (χ2v) is 5.14. The van der Waals surface area contributed by atoms with Crippen LogP contribution in [0.15, 0.2) is 0 Å². The first-order valence-electron chi connectivity index (χ1n) is 5.28. The summed E-state index contributed by atoms with van der Waals surface area (Å²) in [6.07, 6.45) is 2.90. The molecule has 0 fully saturated rings. The minimum atomic E-state index is -0.385. The zero-order valence-electron chi connectivity index (χ0n) is 9.37. The lowest BCUT2D eigenvalue weighted by atomic mass is 10.1. The molecular formula is C11H12NO3S2. The molecule has 1 heterocycles. The number of esters is 1. The van der Waals surface area contributed by atoms with Crippen molar-refractivity contribution in [2.24, 2.45) is 0 Å². The molecule has 0 bridgehead atoms. The molecule has 0 aromatic carbocycles. The molecule has 0 spiro atoms. The molecule has 0 unspecified atom stereocenters. The van der Waals surface area contributed by atoms with Crippen LogP contribution >= 0.6 is 24.0 Å². The van der Waals surface area contributed by atoms with Crippen molar-refractivity contribution in [2.75, 3.05) is 18.2 Å². The van der Waals surface area contributed by atoms with Crippen LogP contribution in [0.25, 0.3) is 0 Å². The van der Waals surface area contributed by atoms with Crippen molar-refractivity contribution in [3.63, 3.8) is 0 Å². The number of hydrogen-bond donors (Lipinski definition) is 1. The highest BCUT2D eigenvalue weighted by Gasteiger charge is 2.27. The standard InChI is InChI=1S/C11H12NO3S2/c1-15-11(14)9-6-3-2-4-7(6)17-10(9)12-8(13)5-16/h2-5H2,1H3,(H,12,13). The number of aryl methyl sites for hydroxylation is 1. The highest BCUT2D eigenvalue weighted by atomic mass is 32.1. The minimum Gasteiger partial charge on any atom is -0.465 e. The van der Waals surface area contributed by atoms with E-state index in [4.69, 9.17) is 4.74 Å². The Morgan fingerprint density at radius 3 is 2.88 bits per heavy atom. The topological polar surface area (TPSA) is 55.4 Å². The van der Waals surface area contributed by atoms with Crippen molar-refractivity contribution < 1.29 is 14.3 Å². The van der Waals surface area contributed by atoms with Crippen LogP contribution in [0.5, 0.6) is 0 Å².